The zero-order valence-electron chi connectivity index (χ0n) is 15.7. The van der Waals surface area contributed by atoms with E-state index < -0.39 is 0 Å². The summed E-state index contributed by atoms with van der Waals surface area (Å²) in [6.07, 6.45) is 16.8. The molecule has 0 saturated heterocycles. The van der Waals surface area contributed by atoms with E-state index in [9.17, 15) is 4.79 Å². The molecule has 0 aliphatic rings. The first kappa shape index (κ1) is 22.2. The molecule has 0 aromatic carbocycles. The molecular weight excluding hydrogens is 286 g/mol. The van der Waals surface area contributed by atoms with Crippen LogP contribution in [0.2, 0.25) is 0 Å². The molecule has 136 valence electrons. The number of nitrogens with zero attached hydrogens (tertiary/aromatic N) is 1. The van der Waals surface area contributed by atoms with E-state index in [-0.39, 0.29) is 5.97 Å². The summed E-state index contributed by atoms with van der Waals surface area (Å²) in [6, 6.07) is 0. The van der Waals surface area contributed by atoms with E-state index in [2.05, 4.69) is 25.3 Å². The van der Waals surface area contributed by atoms with Gasteiger partial charge in [-0.05, 0) is 12.8 Å². The van der Waals surface area contributed by atoms with Gasteiger partial charge in [-0.15, -0.1) is 0 Å². The monoisotopic (exact) mass is 325 g/mol. The Hall–Kier alpha value is -0.830. The van der Waals surface area contributed by atoms with Crippen molar-refractivity contribution in [3.05, 3.63) is 12.7 Å². The largest absolute Gasteiger partial charge is 0.446 e. The van der Waals surface area contributed by atoms with Gasteiger partial charge in [0.15, 0.2) is 0 Å². The van der Waals surface area contributed by atoms with E-state index in [1.165, 1.54) is 83.1 Å². The topological polar surface area (TPSA) is 29.5 Å². The van der Waals surface area contributed by atoms with Crippen LogP contribution in [-0.2, 0) is 9.53 Å². The average molecular weight is 326 g/mol. The quantitative estimate of drug-likeness (QED) is 0.149. The number of hydrogen-bond donors (Lipinski definition) is 0. The van der Waals surface area contributed by atoms with Crippen LogP contribution in [0.3, 0.4) is 0 Å². The summed E-state index contributed by atoms with van der Waals surface area (Å²) < 4.78 is 5.21. The van der Waals surface area contributed by atoms with E-state index >= 15 is 0 Å². The minimum atomic E-state index is -0.319. The van der Waals surface area contributed by atoms with Crippen molar-refractivity contribution in [1.29, 1.82) is 0 Å². The van der Waals surface area contributed by atoms with Gasteiger partial charge in [0.1, 0.15) is 6.73 Å². The third-order valence-corrected chi connectivity index (χ3v) is 4.21. The van der Waals surface area contributed by atoms with Gasteiger partial charge in [-0.1, -0.05) is 84.6 Å². The average Bonchev–Trinajstić information content (AvgIpc) is 2.57. The van der Waals surface area contributed by atoms with Crippen LogP contribution in [0.15, 0.2) is 12.7 Å². The van der Waals surface area contributed by atoms with Gasteiger partial charge in [-0.2, -0.15) is 0 Å². The van der Waals surface area contributed by atoms with Crippen LogP contribution in [0.1, 0.15) is 90.9 Å². The highest BCUT2D eigenvalue weighted by Crippen LogP contribution is 2.09. The fourth-order valence-electron chi connectivity index (χ4n) is 2.69. The Labute approximate surface area is 144 Å². The van der Waals surface area contributed by atoms with Crippen LogP contribution in [0.25, 0.3) is 0 Å². The first-order chi connectivity index (χ1) is 11.2. The van der Waals surface area contributed by atoms with E-state index in [4.69, 9.17) is 4.74 Å². The highest BCUT2D eigenvalue weighted by atomic mass is 16.5. The molecular formula is C20H39NO2. The Kier molecular flexibility index (Phi) is 16.9. The van der Waals surface area contributed by atoms with Crippen molar-refractivity contribution >= 4 is 5.97 Å². The SMILES string of the molecule is C=CC(=O)OCN(CCCCCCCC)CCCCCCCC. The van der Waals surface area contributed by atoms with Crippen molar-refractivity contribution < 1.29 is 9.53 Å². The summed E-state index contributed by atoms with van der Waals surface area (Å²) >= 11 is 0. The van der Waals surface area contributed by atoms with Gasteiger partial charge in [-0.3, -0.25) is 4.90 Å². The lowest BCUT2D eigenvalue weighted by Crippen LogP contribution is -2.30. The normalized spacial score (nSPS) is 10.9. The van der Waals surface area contributed by atoms with E-state index in [1.807, 2.05) is 0 Å². The van der Waals surface area contributed by atoms with Gasteiger partial charge in [0.2, 0.25) is 0 Å². The fourth-order valence-corrected chi connectivity index (χ4v) is 2.69. The number of carbonyl (C=O) groups excluding carboxylic acids is 1. The predicted octanol–water partition coefficient (Wildman–Crippen LogP) is 5.70. The second kappa shape index (κ2) is 17.5. The molecule has 3 nitrogen and oxygen atoms in total. The Morgan fingerprint density at radius 2 is 1.26 bits per heavy atom. The van der Waals surface area contributed by atoms with Crippen LogP contribution in [0.4, 0.5) is 0 Å². The third-order valence-electron chi connectivity index (χ3n) is 4.21. The first-order valence-electron chi connectivity index (χ1n) is 9.76. The molecule has 23 heavy (non-hydrogen) atoms. The Morgan fingerprint density at radius 1 is 0.826 bits per heavy atom. The lowest BCUT2D eigenvalue weighted by Gasteiger charge is -2.21. The third kappa shape index (κ3) is 15.8. The minimum absolute atomic E-state index is 0.319. The van der Waals surface area contributed by atoms with Gasteiger partial charge >= 0.3 is 5.97 Å². The second-order valence-electron chi connectivity index (χ2n) is 6.45. The van der Waals surface area contributed by atoms with Crippen molar-refractivity contribution in [3.63, 3.8) is 0 Å². The maximum Gasteiger partial charge on any atom is 0.331 e. The molecule has 0 heterocycles. The Morgan fingerprint density at radius 3 is 1.70 bits per heavy atom. The molecule has 0 fully saturated rings. The first-order valence-corrected chi connectivity index (χ1v) is 9.76. The molecule has 0 atom stereocenters. The van der Waals surface area contributed by atoms with Crippen molar-refractivity contribution in [2.24, 2.45) is 0 Å². The lowest BCUT2D eigenvalue weighted by molar-refractivity contribution is -0.142. The standard InChI is InChI=1S/C20H39NO2/c1-4-7-9-11-13-15-17-21(19-23-20(22)6-3)18-16-14-12-10-8-5-2/h6H,3-5,7-19H2,1-2H3. The number of ether oxygens (including phenoxy) is 1. The lowest BCUT2D eigenvalue weighted by atomic mass is 10.1. The molecule has 0 amide bonds. The van der Waals surface area contributed by atoms with Crippen LogP contribution in [0, 0.1) is 0 Å². The van der Waals surface area contributed by atoms with Crippen LogP contribution < -0.4 is 0 Å². The highest BCUT2D eigenvalue weighted by molar-refractivity contribution is 5.81. The zero-order valence-corrected chi connectivity index (χ0v) is 15.7. The molecule has 0 unspecified atom stereocenters. The van der Waals surface area contributed by atoms with E-state index in [1.54, 1.807) is 0 Å². The molecule has 0 radical (unpaired) electrons. The number of rotatable bonds is 17. The predicted molar refractivity (Wildman–Crippen MR) is 99.5 cm³/mol. The smallest absolute Gasteiger partial charge is 0.331 e. The summed E-state index contributed by atoms with van der Waals surface area (Å²) in [5.41, 5.74) is 0. The molecule has 0 rings (SSSR count). The molecule has 3 heteroatoms. The molecule has 0 aromatic rings. The van der Waals surface area contributed by atoms with Crippen molar-refractivity contribution in [1.82, 2.24) is 4.90 Å². The zero-order chi connectivity index (χ0) is 17.2. The van der Waals surface area contributed by atoms with Gasteiger partial charge in [0.25, 0.3) is 0 Å². The van der Waals surface area contributed by atoms with Crippen molar-refractivity contribution in [2.45, 2.75) is 90.9 Å². The number of unbranched alkanes of at least 4 members (excludes halogenated alkanes) is 10. The molecule has 0 aromatic heterocycles. The van der Waals surface area contributed by atoms with Gasteiger partial charge in [0.05, 0.1) is 0 Å². The van der Waals surface area contributed by atoms with Gasteiger partial charge < -0.3 is 4.74 Å². The van der Waals surface area contributed by atoms with Crippen LogP contribution in [-0.4, -0.2) is 30.7 Å². The summed E-state index contributed by atoms with van der Waals surface area (Å²) in [6.45, 7) is 10.4. The molecule has 0 saturated carbocycles. The van der Waals surface area contributed by atoms with Gasteiger partial charge in [0, 0.05) is 19.2 Å². The fraction of sp³-hybridized carbons (Fsp3) is 0.850. The number of carbonyl (C=O) groups is 1. The van der Waals surface area contributed by atoms with Crippen molar-refractivity contribution in [3.8, 4) is 0 Å². The molecule has 0 aliphatic heterocycles. The Balaban J connectivity index is 3.84. The summed E-state index contributed by atoms with van der Waals surface area (Å²) in [5, 5.41) is 0. The van der Waals surface area contributed by atoms with Gasteiger partial charge in [-0.25, -0.2) is 4.79 Å². The Bertz CT molecular complexity index is 263. The van der Waals surface area contributed by atoms with E-state index in [0.29, 0.717) is 6.73 Å². The minimum Gasteiger partial charge on any atom is -0.446 e. The van der Waals surface area contributed by atoms with E-state index in [0.717, 1.165) is 13.1 Å². The maximum atomic E-state index is 11.2. The van der Waals surface area contributed by atoms with Crippen LogP contribution >= 0.6 is 0 Å². The second-order valence-corrected chi connectivity index (χ2v) is 6.45. The number of esters is 1. The summed E-state index contributed by atoms with van der Waals surface area (Å²) in [4.78, 5) is 13.5. The summed E-state index contributed by atoms with van der Waals surface area (Å²) in [7, 11) is 0. The molecule has 0 aliphatic carbocycles. The highest BCUT2D eigenvalue weighted by Gasteiger charge is 2.07. The number of hydrogen-bond acceptors (Lipinski definition) is 3. The summed E-state index contributed by atoms with van der Waals surface area (Å²) in [5.74, 6) is -0.319. The molecule has 0 N–H and O–H groups in total. The van der Waals surface area contributed by atoms with Crippen LogP contribution in [0.5, 0.6) is 0 Å². The molecule has 0 bridgehead atoms. The van der Waals surface area contributed by atoms with Crippen molar-refractivity contribution in [2.75, 3.05) is 19.8 Å². The maximum absolute atomic E-state index is 11.2. The molecule has 0 spiro atoms.